The molecular weight excluding hydrogens is 307 g/mol. The van der Waals surface area contributed by atoms with E-state index in [1.807, 2.05) is 13.8 Å². The molecule has 0 aromatic heterocycles. The first-order chi connectivity index (χ1) is 10.3. The van der Waals surface area contributed by atoms with Gasteiger partial charge >= 0.3 is 6.03 Å². The zero-order valence-electron chi connectivity index (χ0n) is 12.7. The fraction of sp³-hybridized carbons (Fsp3) is 0.533. The molecule has 0 radical (unpaired) electrons. The molecule has 1 heterocycles. The molecule has 2 amide bonds. The Morgan fingerprint density at radius 1 is 1.27 bits per heavy atom. The van der Waals surface area contributed by atoms with Crippen molar-refractivity contribution < 1.29 is 17.6 Å². The van der Waals surface area contributed by atoms with Gasteiger partial charge in [0.15, 0.2) is 9.84 Å². The van der Waals surface area contributed by atoms with Crippen LogP contribution in [0, 0.1) is 11.7 Å². The molecule has 1 aliphatic rings. The van der Waals surface area contributed by atoms with Gasteiger partial charge in [-0.3, -0.25) is 0 Å². The number of rotatable bonds is 4. The standard InChI is InChI=1S/C15H21FN2O3S/c1-10(2)14(11-3-5-12(16)6-4-11)18-15(19)17-13-7-8-22(20,21)9-13/h3-6,10,13-14H,7-9H2,1-2H3,(H2,17,18,19). The van der Waals surface area contributed by atoms with Crippen molar-refractivity contribution in [3.05, 3.63) is 35.6 Å². The quantitative estimate of drug-likeness (QED) is 0.888. The van der Waals surface area contributed by atoms with E-state index in [0.717, 1.165) is 5.56 Å². The minimum absolute atomic E-state index is 0.0106. The lowest BCUT2D eigenvalue weighted by atomic mass is 9.96. The first-order valence-corrected chi connectivity index (χ1v) is 9.12. The molecule has 0 aliphatic carbocycles. The van der Waals surface area contributed by atoms with Crippen LogP contribution in [0.4, 0.5) is 9.18 Å². The number of urea groups is 1. The van der Waals surface area contributed by atoms with Crippen LogP contribution in [0.1, 0.15) is 31.9 Å². The van der Waals surface area contributed by atoms with Crippen molar-refractivity contribution in [2.75, 3.05) is 11.5 Å². The molecule has 7 heteroatoms. The summed E-state index contributed by atoms with van der Waals surface area (Å²) < 4.78 is 35.8. The molecule has 2 N–H and O–H groups in total. The molecule has 2 rings (SSSR count). The zero-order chi connectivity index (χ0) is 16.3. The maximum Gasteiger partial charge on any atom is 0.315 e. The normalized spacial score (nSPS) is 21.5. The van der Waals surface area contributed by atoms with Gasteiger partial charge < -0.3 is 10.6 Å². The van der Waals surface area contributed by atoms with E-state index in [1.165, 1.54) is 12.1 Å². The number of hydrogen-bond acceptors (Lipinski definition) is 3. The molecular formula is C15H21FN2O3S. The average Bonchev–Trinajstić information content (AvgIpc) is 2.76. The van der Waals surface area contributed by atoms with Crippen LogP contribution in [0.3, 0.4) is 0 Å². The highest BCUT2D eigenvalue weighted by molar-refractivity contribution is 7.91. The molecule has 2 unspecified atom stereocenters. The van der Waals surface area contributed by atoms with Crippen LogP contribution in [-0.4, -0.2) is 32.0 Å². The Morgan fingerprint density at radius 2 is 1.91 bits per heavy atom. The molecule has 5 nitrogen and oxygen atoms in total. The van der Waals surface area contributed by atoms with E-state index >= 15 is 0 Å². The molecule has 1 fully saturated rings. The van der Waals surface area contributed by atoms with Gasteiger partial charge in [-0.1, -0.05) is 26.0 Å². The number of amides is 2. The van der Waals surface area contributed by atoms with Crippen LogP contribution in [-0.2, 0) is 9.84 Å². The second-order valence-electron chi connectivity index (χ2n) is 5.99. The van der Waals surface area contributed by atoms with Crippen molar-refractivity contribution >= 4 is 15.9 Å². The number of halogens is 1. The number of carbonyl (C=O) groups is 1. The van der Waals surface area contributed by atoms with Crippen molar-refractivity contribution in [1.29, 1.82) is 0 Å². The fourth-order valence-electron chi connectivity index (χ4n) is 2.58. The van der Waals surface area contributed by atoms with Crippen LogP contribution >= 0.6 is 0 Å². The van der Waals surface area contributed by atoms with Crippen LogP contribution in [0.2, 0.25) is 0 Å². The third-order valence-corrected chi connectivity index (χ3v) is 5.52. The number of sulfone groups is 1. The number of hydrogen-bond donors (Lipinski definition) is 2. The van der Waals surface area contributed by atoms with Crippen molar-refractivity contribution in [3.63, 3.8) is 0 Å². The third kappa shape index (κ3) is 4.43. The predicted molar refractivity (Wildman–Crippen MR) is 82.7 cm³/mol. The van der Waals surface area contributed by atoms with Crippen LogP contribution < -0.4 is 10.6 Å². The summed E-state index contributed by atoms with van der Waals surface area (Å²) in [6.45, 7) is 3.91. The van der Waals surface area contributed by atoms with Gasteiger partial charge in [-0.05, 0) is 30.0 Å². The molecule has 0 bridgehead atoms. The Kier molecular flexibility index (Phi) is 5.05. The van der Waals surface area contributed by atoms with E-state index in [1.54, 1.807) is 12.1 Å². The van der Waals surface area contributed by atoms with E-state index in [0.29, 0.717) is 6.42 Å². The Balaban J connectivity index is 1.99. The first kappa shape index (κ1) is 16.7. The number of carbonyl (C=O) groups excluding carboxylic acids is 1. The second-order valence-corrected chi connectivity index (χ2v) is 8.22. The Labute approximate surface area is 130 Å². The van der Waals surface area contributed by atoms with Gasteiger partial charge in [0, 0.05) is 6.04 Å². The van der Waals surface area contributed by atoms with Crippen LogP contribution in [0.5, 0.6) is 0 Å². The second kappa shape index (κ2) is 6.64. The molecule has 122 valence electrons. The molecule has 1 saturated heterocycles. The fourth-order valence-corrected chi connectivity index (χ4v) is 4.26. The van der Waals surface area contributed by atoms with Gasteiger partial charge in [0.25, 0.3) is 0 Å². The van der Waals surface area contributed by atoms with Crippen molar-refractivity contribution in [2.45, 2.75) is 32.4 Å². The minimum atomic E-state index is -3.03. The summed E-state index contributed by atoms with van der Waals surface area (Å²) in [7, 11) is -3.03. The highest BCUT2D eigenvalue weighted by Crippen LogP contribution is 2.22. The lowest BCUT2D eigenvalue weighted by molar-refractivity contribution is 0.230. The number of benzene rings is 1. The predicted octanol–water partition coefficient (Wildman–Crippen LogP) is 2.01. The van der Waals surface area contributed by atoms with Crippen molar-refractivity contribution in [3.8, 4) is 0 Å². The average molecular weight is 328 g/mol. The van der Waals surface area contributed by atoms with E-state index in [2.05, 4.69) is 10.6 Å². The van der Waals surface area contributed by atoms with Crippen molar-refractivity contribution in [1.82, 2.24) is 10.6 Å². The van der Waals surface area contributed by atoms with E-state index in [-0.39, 0.29) is 35.3 Å². The number of nitrogens with one attached hydrogen (secondary N) is 2. The smallest absolute Gasteiger partial charge is 0.315 e. The van der Waals surface area contributed by atoms with E-state index < -0.39 is 15.9 Å². The molecule has 1 aromatic rings. The third-order valence-electron chi connectivity index (χ3n) is 3.75. The molecule has 2 atom stereocenters. The molecule has 22 heavy (non-hydrogen) atoms. The van der Waals surface area contributed by atoms with Crippen LogP contribution in [0.15, 0.2) is 24.3 Å². The molecule has 0 spiro atoms. The Bertz CT molecular complexity index is 629. The van der Waals surface area contributed by atoms with Gasteiger partial charge in [-0.25, -0.2) is 17.6 Å². The van der Waals surface area contributed by atoms with Crippen LogP contribution in [0.25, 0.3) is 0 Å². The summed E-state index contributed by atoms with van der Waals surface area (Å²) in [5.74, 6) is -0.109. The SMILES string of the molecule is CC(C)C(NC(=O)NC1CCS(=O)(=O)C1)c1ccc(F)cc1. The topological polar surface area (TPSA) is 75.3 Å². The maximum atomic E-state index is 13.0. The summed E-state index contributed by atoms with van der Waals surface area (Å²) in [5.41, 5.74) is 0.811. The highest BCUT2D eigenvalue weighted by atomic mass is 32.2. The summed E-state index contributed by atoms with van der Waals surface area (Å²) >= 11 is 0. The zero-order valence-corrected chi connectivity index (χ0v) is 13.5. The highest BCUT2D eigenvalue weighted by Gasteiger charge is 2.29. The maximum absolute atomic E-state index is 13.0. The monoisotopic (exact) mass is 328 g/mol. The first-order valence-electron chi connectivity index (χ1n) is 7.30. The summed E-state index contributed by atoms with van der Waals surface area (Å²) in [6.07, 6.45) is 0.443. The minimum Gasteiger partial charge on any atom is -0.334 e. The summed E-state index contributed by atoms with van der Waals surface area (Å²) in [4.78, 5) is 12.1. The van der Waals surface area contributed by atoms with Gasteiger partial charge in [0.1, 0.15) is 5.82 Å². The molecule has 0 saturated carbocycles. The molecule has 1 aliphatic heterocycles. The van der Waals surface area contributed by atoms with Gasteiger partial charge in [-0.15, -0.1) is 0 Å². The largest absolute Gasteiger partial charge is 0.334 e. The van der Waals surface area contributed by atoms with Gasteiger partial charge in [0.05, 0.1) is 17.5 Å². The van der Waals surface area contributed by atoms with Gasteiger partial charge in [0.2, 0.25) is 0 Å². The Hall–Kier alpha value is -1.63. The summed E-state index contributed by atoms with van der Waals surface area (Å²) in [5, 5.41) is 5.54. The van der Waals surface area contributed by atoms with E-state index in [9.17, 15) is 17.6 Å². The van der Waals surface area contributed by atoms with Gasteiger partial charge in [-0.2, -0.15) is 0 Å². The molecule has 1 aromatic carbocycles. The van der Waals surface area contributed by atoms with E-state index in [4.69, 9.17) is 0 Å². The summed E-state index contributed by atoms with van der Waals surface area (Å²) in [6, 6.07) is 4.98. The lowest BCUT2D eigenvalue weighted by Gasteiger charge is -2.24. The lowest BCUT2D eigenvalue weighted by Crippen LogP contribution is -2.45. The van der Waals surface area contributed by atoms with Crippen molar-refractivity contribution in [2.24, 2.45) is 5.92 Å². The Morgan fingerprint density at radius 3 is 2.41 bits per heavy atom.